The standard InChI is InChI=1S/C15H23BrN2O/c1-5-12-8-13(16)6-7-14(12)17-9-15(19)18-11(4)10(2)3/h6-8,10-11,17H,5,9H2,1-4H3,(H,18,19). The van der Waals surface area contributed by atoms with E-state index >= 15 is 0 Å². The summed E-state index contributed by atoms with van der Waals surface area (Å²) >= 11 is 3.46. The molecular formula is C15H23BrN2O. The highest BCUT2D eigenvalue weighted by Crippen LogP contribution is 2.21. The van der Waals surface area contributed by atoms with Crippen LogP contribution in [0.25, 0.3) is 0 Å². The number of anilines is 1. The number of hydrogen-bond acceptors (Lipinski definition) is 2. The first-order valence-electron chi connectivity index (χ1n) is 6.75. The third kappa shape index (κ3) is 5.23. The molecule has 1 unspecified atom stereocenters. The second-order valence-corrected chi connectivity index (χ2v) is 6.02. The molecule has 1 aromatic carbocycles. The van der Waals surface area contributed by atoms with Crippen LogP contribution in [0.15, 0.2) is 22.7 Å². The molecule has 0 aromatic heterocycles. The van der Waals surface area contributed by atoms with Crippen molar-refractivity contribution >= 4 is 27.5 Å². The van der Waals surface area contributed by atoms with E-state index in [0.29, 0.717) is 12.5 Å². The molecule has 0 aliphatic rings. The molecule has 4 heteroatoms. The van der Waals surface area contributed by atoms with Crippen molar-refractivity contribution in [3.05, 3.63) is 28.2 Å². The van der Waals surface area contributed by atoms with Gasteiger partial charge in [-0.25, -0.2) is 0 Å². The lowest BCUT2D eigenvalue weighted by Crippen LogP contribution is -2.39. The third-order valence-electron chi connectivity index (χ3n) is 3.28. The maximum Gasteiger partial charge on any atom is 0.239 e. The van der Waals surface area contributed by atoms with Crippen molar-refractivity contribution in [2.45, 2.75) is 40.2 Å². The van der Waals surface area contributed by atoms with Crippen molar-refractivity contribution in [2.24, 2.45) is 5.92 Å². The average molecular weight is 327 g/mol. The smallest absolute Gasteiger partial charge is 0.239 e. The van der Waals surface area contributed by atoms with E-state index < -0.39 is 0 Å². The quantitative estimate of drug-likeness (QED) is 0.838. The van der Waals surface area contributed by atoms with Crippen LogP contribution < -0.4 is 10.6 Å². The van der Waals surface area contributed by atoms with Crippen LogP contribution in [0.3, 0.4) is 0 Å². The van der Waals surface area contributed by atoms with Crippen molar-refractivity contribution < 1.29 is 4.79 Å². The van der Waals surface area contributed by atoms with Crippen LogP contribution in [0.4, 0.5) is 5.69 Å². The Kier molecular flexibility index (Phi) is 6.35. The summed E-state index contributed by atoms with van der Waals surface area (Å²) < 4.78 is 1.06. The lowest BCUT2D eigenvalue weighted by atomic mass is 10.1. The van der Waals surface area contributed by atoms with Gasteiger partial charge in [0.1, 0.15) is 0 Å². The molecule has 3 nitrogen and oxygen atoms in total. The van der Waals surface area contributed by atoms with Gasteiger partial charge in [-0.15, -0.1) is 0 Å². The van der Waals surface area contributed by atoms with Gasteiger partial charge in [-0.05, 0) is 43.0 Å². The van der Waals surface area contributed by atoms with Crippen LogP contribution >= 0.6 is 15.9 Å². The molecule has 0 heterocycles. The zero-order chi connectivity index (χ0) is 14.4. The first-order valence-corrected chi connectivity index (χ1v) is 7.55. The highest BCUT2D eigenvalue weighted by atomic mass is 79.9. The summed E-state index contributed by atoms with van der Waals surface area (Å²) in [5.41, 5.74) is 2.23. The zero-order valence-electron chi connectivity index (χ0n) is 12.1. The molecule has 1 atom stereocenters. The summed E-state index contributed by atoms with van der Waals surface area (Å²) in [6, 6.07) is 6.26. The van der Waals surface area contributed by atoms with Crippen LogP contribution in [0.5, 0.6) is 0 Å². The second kappa shape index (κ2) is 7.53. The lowest BCUT2D eigenvalue weighted by Gasteiger charge is -2.18. The van der Waals surface area contributed by atoms with E-state index in [1.54, 1.807) is 0 Å². The fraction of sp³-hybridized carbons (Fsp3) is 0.533. The first-order chi connectivity index (χ1) is 8.93. The monoisotopic (exact) mass is 326 g/mol. The minimum atomic E-state index is 0.0335. The van der Waals surface area contributed by atoms with Crippen LogP contribution in [0, 0.1) is 5.92 Å². The van der Waals surface area contributed by atoms with Crippen LogP contribution in [-0.4, -0.2) is 18.5 Å². The Labute approximate surface area is 124 Å². The van der Waals surface area contributed by atoms with Crippen LogP contribution in [0.1, 0.15) is 33.3 Å². The molecule has 1 amide bonds. The van der Waals surface area contributed by atoms with Gasteiger partial charge in [0.2, 0.25) is 5.91 Å². The SMILES string of the molecule is CCc1cc(Br)ccc1NCC(=O)NC(C)C(C)C. The van der Waals surface area contributed by atoms with E-state index in [1.165, 1.54) is 5.56 Å². The molecule has 0 spiro atoms. The minimum Gasteiger partial charge on any atom is -0.376 e. The van der Waals surface area contributed by atoms with E-state index in [9.17, 15) is 4.79 Å². The second-order valence-electron chi connectivity index (χ2n) is 5.11. The number of aryl methyl sites for hydroxylation is 1. The number of halogens is 1. The van der Waals surface area contributed by atoms with Crippen molar-refractivity contribution in [1.29, 1.82) is 0 Å². The maximum atomic E-state index is 11.8. The summed E-state index contributed by atoms with van der Waals surface area (Å²) in [5, 5.41) is 6.19. The molecule has 0 aliphatic heterocycles. The molecule has 0 saturated carbocycles. The predicted octanol–water partition coefficient (Wildman–Crippen LogP) is 3.58. The summed E-state index contributed by atoms with van der Waals surface area (Å²) in [5.74, 6) is 0.481. The van der Waals surface area contributed by atoms with E-state index in [-0.39, 0.29) is 11.9 Å². The normalized spacial score (nSPS) is 12.3. The van der Waals surface area contributed by atoms with Gasteiger partial charge in [0.05, 0.1) is 6.54 Å². The molecule has 0 aliphatic carbocycles. The molecule has 1 aromatic rings. The summed E-state index contributed by atoms with van der Waals surface area (Å²) in [6.07, 6.45) is 0.936. The molecule has 1 rings (SSSR count). The number of nitrogens with one attached hydrogen (secondary N) is 2. The van der Waals surface area contributed by atoms with Crippen molar-refractivity contribution in [3.63, 3.8) is 0 Å². The van der Waals surface area contributed by atoms with Gasteiger partial charge in [0, 0.05) is 16.2 Å². The highest BCUT2D eigenvalue weighted by Gasteiger charge is 2.10. The van der Waals surface area contributed by atoms with E-state index in [4.69, 9.17) is 0 Å². The fourth-order valence-electron chi connectivity index (χ4n) is 1.67. The van der Waals surface area contributed by atoms with Gasteiger partial charge < -0.3 is 10.6 Å². The predicted molar refractivity (Wildman–Crippen MR) is 84.5 cm³/mol. The minimum absolute atomic E-state index is 0.0335. The number of carbonyl (C=O) groups is 1. The fourth-order valence-corrected chi connectivity index (χ4v) is 2.08. The zero-order valence-corrected chi connectivity index (χ0v) is 13.7. The molecule has 0 bridgehead atoms. The third-order valence-corrected chi connectivity index (χ3v) is 3.77. The number of carbonyl (C=O) groups excluding carboxylic acids is 1. The molecule has 2 N–H and O–H groups in total. The van der Waals surface area contributed by atoms with Crippen molar-refractivity contribution in [2.75, 3.05) is 11.9 Å². The topological polar surface area (TPSA) is 41.1 Å². The molecular weight excluding hydrogens is 304 g/mol. The Bertz CT molecular complexity index is 432. The Balaban J connectivity index is 2.55. The van der Waals surface area contributed by atoms with Crippen molar-refractivity contribution in [1.82, 2.24) is 5.32 Å². The highest BCUT2D eigenvalue weighted by molar-refractivity contribution is 9.10. The van der Waals surface area contributed by atoms with Crippen molar-refractivity contribution in [3.8, 4) is 0 Å². The Morgan fingerprint density at radius 1 is 1.32 bits per heavy atom. The molecule has 0 radical (unpaired) electrons. The number of amides is 1. The van der Waals surface area contributed by atoms with E-state index in [2.05, 4.69) is 53.4 Å². The van der Waals surface area contributed by atoms with E-state index in [0.717, 1.165) is 16.6 Å². The molecule has 0 fully saturated rings. The Morgan fingerprint density at radius 3 is 2.58 bits per heavy atom. The molecule has 19 heavy (non-hydrogen) atoms. The first kappa shape index (κ1) is 16.0. The average Bonchev–Trinajstić information content (AvgIpc) is 2.36. The van der Waals surface area contributed by atoms with Gasteiger partial charge in [-0.2, -0.15) is 0 Å². The van der Waals surface area contributed by atoms with Gasteiger partial charge in [0.15, 0.2) is 0 Å². The lowest BCUT2D eigenvalue weighted by molar-refractivity contribution is -0.120. The van der Waals surface area contributed by atoms with E-state index in [1.807, 2.05) is 19.1 Å². The van der Waals surface area contributed by atoms with Gasteiger partial charge in [0.25, 0.3) is 0 Å². The largest absolute Gasteiger partial charge is 0.376 e. The molecule has 106 valence electrons. The van der Waals surface area contributed by atoms with Gasteiger partial charge in [-0.3, -0.25) is 4.79 Å². The number of hydrogen-bond donors (Lipinski definition) is 2. The summed E-state index contributed by atoms with van der Waals surface area (Å²) in [6.45, 7) is 8.64. The maximum absolute atomic E-state index is 11.8. The summed E-state index contributed by atoms with van der Waals surface area (Å²) in [7, 11) is 0. The molecule has 0 saturated heterocycles. The van der Waals surface area contributed by atoms with Crippen LogP contribution in [0.2, 0.25) is 0 Å². The number of rotatable bonds is 6. The number of benzene rings is 1. The Hall–Kier alpha value is -1.03. The Morgan fingerprint density at radius 2 is 2.00 bits per heavy atom. The van der Waals surface area contributed by atoms with Gasteiger partial charge >= 0.3 is 0 Å². The summed E-state index contributed by atoms with van der Waals surface area (Å²) in [4.78, 5) is 11.8. The van der Waals surface area contributed by atoms with Crippen LogP contribution in [-0.2, 0) is 11.2 Å². The van der Waals surface area contributed by atoms with Gasteiger partial charge in [-0.1, -0.05) is 36.7 Å².